The number of pyridine rings is 1. The first kappa shape index (κ1) is 16.4. The summed E-state index contributed by atoms with van der Waals surface area (Å²) in [5.41, 5.74) is -1.24. The molecule has 1 fully saturated rings. The number of halogens is 1. The number of amides is 1. The second-order valence-corrected chi connectivity index (χ2v) is 6.32. The van der Waals surface area contributed by atoms with E-state index >= 15 is 4.39 Å². The van der Waals surface area contributed by atoms with Gasteiger partial charge in [-0.3, -0.25) is 9.78 Å². The maximum absolute atomic E-state index is 15.6. The van der Waals surface area contributed by atoms with E-state index in [1.165, 1.54) is 11.1 Å². The van der Waals surface area contributed by atoms with Gasteiger partial charge in [-0.25, -0.2) is 9.37 Å². The highest BCUT2D eigenvalue weighted by molar-refractivity contribution is 5.91. The molecule has 0 N–H and O–H groups in total. The molecule has 3 aromatic heterocycles. The lowest BCUT2D eigenvalue weighted by Crippen LogP contribution is -2.47. The number of imidazole rings is 1. The van der Waals surface area contributed by atoms with Gasteiger partial charge in [0.25, 0.3) is 11.8 Å². The van der Waals surface area contributed by atoms with Crippen molar-refractivity contribution in [3.63, 3.8) is 0 Å². The van der Waals surface area contributed by atoms with Gasteiger partial charge in [-0.15, -0.1) is 0 Å². The number of rotatable bonds is 3. The molecule has 9 heteroatoms. The van der Waals surface area contributed by atoms with E-state index in [1.54, 1.807) is 42.3 Å². The van der Waals surface area contributed by atoms with Crippen LogP contribution >= 0.6 is 0 Å². The molecule has 1 atom stereocenters. The van der Waals surface area contributed by atoms with Crippen LogP contribution in [0.5, 0.6) is 0 Å². The first-order valence-corrected chi connectivity index (χ1v) is 8.27. The van der Waals surface area contributed by atoms with E-state index in [0.29, 0.717) is 18.5 Å². The van der Waals surface area contributed by atoms with Crippen LogP contribution in [-0.4, -0.2) is 48.6 Å². The summed E-state index contributed by atoms with van der Waals surface area (Å²) < 4.78 is 22.4. The fourth-order valence-corrected chi connectivity index (χ4v) is 3.09. The van der Waals surface area contributed by atoms with E-state index in [0.717, 1.165) is 0 Å². The number of nitrogens with zero attached hydrogens (tertiary/aromatic N) is 6. The molecule has 8 nitrogen and oxygen atoms in total. The zero-order valence-corrected chi connectivity index (χ0v) is 14.2. The maximum atomic E-state index is 15.6. The molecule has 134 valence electrons. The molecule has 0 aromatic carbocycles. The topological polar surface area (TPSA) is 89.9 Å². The summed E-state index contributed by atoms with van der Waals surface area (Å²) in [5, 5.41) is 3.85. The Morgan fingerprint density at radius 1 is 1.38 bits per heavy atom. The van der Waals surface area contributed by atoms with Crippen molar-refractivity contribution in [2.24, 2.45) is 7.05 Å². The highest BCUT2D eigenvalue weighted by Gasteiger charge is 2.44. The van der Waals surface area contributed by atoms with E-state index in [9.17, 15) is 4.79 Å². The predicted octanol–water partition coefficient (Wildman–Crippen LogP) is 1.97. The van der Waals surface area contributed by atoms with Gasteiger partial charge < -0.3 is 14.0 Å². The monoisotopic (exact) mass is 356 g/mol. The average Bonchev–Trinajstić information content (AvgIpc) is 3.31. The number of piperidine rings is 1. The summed E-state index contributed by atoms with van der Waals surface area (Å²) in [7, 11) is 1.73. The minimum Gasteiger partial charge on any atom is -0.335 e. The van der Waals surface area contributed by atoms with E-state index < -0.39 is 5.67 Å². The minimum absolute atomic E-state index is 0.117. The lowest BCUT2D eigenvalue weighted by Gasteiger charge is -2.34. The van der Waals surface area contributed by atoms with Crippen molar-refractivity contribution >= 4 is 5.91 Å². The molecule has 1 unspecified atom stereocenters. The molecule has 0 spiro atoms. The molecule has 0 bridgehead atoms. The molecular formula is C17H17FN6O2. The van der Waals surface area contributed by atoms with Crippen molar-refractivity contribution in [2.75, 3.05) is 13.1 Å². The smallest absolute Gasteiger partial charge is 0.289 e. The quantitative estimate of drug-likeness (QED) is 0.713. The number of aryl methyl sites for hydroxylation is 1. The van der Waals surface area contributed by atoms with Gasteiger partial charge in [-0.1, -0.05) is 5.16 Å². The highest BCUT2D eigenvalue weighted by atomic mass is 19.1. The Kier molecular flexibility index (Phi) is 3.98. The Morgan fingerprint density at radius 2 is 2.27 bits per heavy atom. The number of likely N-dealkylation sites (tertiary alicyclic amines) is 1. The van der Waals surface area contributed by atoms with Crippen LogP contribution in [0.25, 0.3) is 11.4 Å². The van der Waals surface area contributed by atoms with E-state index in [4.69, 9.17) is 4.52 Å². The summed E-state index contributed by atoms with van der Waals surface area (Å²) in [6.45, 7) is 0.314. The second kappa shape index (κ2) is 6.32. The maximum Gasteiger partial charge on any atom is 0.289 e. The van der Waals surface area contributed by atoms with Crippen LogP contribution in [0.3, 0.4) is 0 Å². The Balaban J connectivity index is 1.57. The van der Waals surface area contributed by atoms with Gasteiger partial charge in [0, 0.05) is 43.9 Å². The van der Waals surface area contributed by atoms with Gasteiger partial charge >= 0.3 is 0 Å². The number of aromatic nitrogens is 5. The first-order valence-electron chi connectivity index (χ1n) is 8.27. The SMILES string of the molecule is Cn1ccnc1C(=O)N1CCCC(F)(c2nc(-c3cccnc3)no2)C1. The molecule has 1 amide bonds. The van der Waals surface area contributed by atoms with E-state index in [-0.39, 0.29) is 36.4 Å². The molecule has 1 aliphatic heterocycles. The molecule has 26 heavy (non-hydrogen) atoms. The number of carbonyl (C=O) groups excluding carboxylic acids is 1. The Hall–Kier alpha value is -3.10. The van der Waals surface area contributed by atoms with Gasteiger partial charge in [-0.05, 0) is 25.0 Å². The van der Waals surface area contributed by atoms with Crippen LogP contribution in [0.4, 0.5) is 4.39 Å². The van der Waals surface area contributed by atoms with Gasteiger partial charge in [0.2, 0.25) is 11.5 Å². The third-order valence-electron chi connectivity index (χ3n) is 4.47. The lowest BCUT2D eigenvalue weighted by molar-refractivity contribution is 0.0144. The zero-order chi connectivity index (χ0) is 18.1. The van der Waals surface area contributed by atoms with Crippen LogP contribution < -0.4 is 0 Å². The molecule has 0 radical (unpaired) electrons. The third-order valence-corrected chi connectivity index (χ3v) is 4.47. The Labute approximate surface area is 148 Å². The van der Waals surface area contributed by atoms with Gasteiger partial charge in [0.05, 0.1) is 6.54 Å². The summed E-state index contributed by atoms with van der Waals surface area (Å²) in [6, 6.07) is 3.51. The Morgan fingerprint density at radius 3 is 3.00 bits per heavy atom. The second-order valence-electron chi connectivity index (χ2n) is 6.32. The molecule has 0 aliphatic carbocycles. The van der Waals surface area contributed by atoms with Crippen molar-refractivity contribution in [1.29, 1.82) is 0 Å². The zero-order valence-electron chi connectivity index (χ0n) is 14.2. The average molecular weight is 356 g/mol. The van der Waals surface area contributed by atoms with Crippen LogP contribution in [0.1, 0.15) is 29.4 Å². The van der Waals surface area contributed by atoms with Crippen molar-refractivity contribution < 1.29 is 13.7 Å². The lowest BCUT2D eigenvalue weighted by atomic mass is 9.94. The number of hydrogen-bond acceptors (Lipinski definition) is 6. The highest BCUT2D eigenvalue weighted by Crippen LogP contribution is 2.35. The van der Waals surface area contributed by atoms with Crippen LogP contribution in [0.2, 0.25) is 0 Å². The minimum atomic E-state index is -1.88. The van der Waals surface area contributed by atoms with Crippen LogP contribution in [0, 0.1) is 0 Å². The van der Waals surface area contributed by atoms with Crippen LogP contribution in [-0.2, 0) is 12.7 Å². The molecule has 1 aliphatic rings. The Bertz CT molecular complexity index is 924. The summed E-state index contributed by atoms with van der Waals surface area (Å²) >= 11 is 0. The van der Waals surface area contributed by atoms with Crippen molar-refractivity contribution in [2.45, 2.75) is 18.5 Å². The fourth-order valence-electron chi connectivity index (χ4n) is 3.09. The summed E-state index contributed by atoms with van der Waals surface area (Å²) in [5.74, 6) is 0.119. The van der Waals surface area contributed by atoms with E-state index in [2.05, 4.69) is 20.1 Å². The summed E-state index contributed by atoms with van der Waals surface area (Å²) in [6.07, 6.45) is 7.14. The molecule has 0 saturated carbocycles. The number of alkyl halides is 1. The van der Waals surface area contributed by atoms with E-state index in [1.807, 2.05) is 0 Å². The summed E-state index contributed by atoms with van der Waals surface area (Å²) in [4.78, 5) is 26.3. The van der Waals surface area contributed by atoms with Crippen molar-refractivity contribution in [3.8, 4) is 11.4 Å². The van der Waals surface area contributed by atoms with Gasteiger partial charge in [0.1, 0.15) is 0 Å². The van der Waals surface area contributed by atoms with Crippen LogP contribution in [0.15, 0.2) is 41.4 Å². The standard InChI is InChI=1S/C17H17FN6O2/c1-23-9-7-20-14(23)15(25)24-8-3-5-17(18,11-24)16-21-13(22-26-16)12-4-2-6-19-10-12/h2,4,6-7,9-10H,3,5,8,11H2,1H3. The number of carbonyl (C=O) groups is 1. The predicted molar refractivity (Wildman–Crippen MR) is 88.7 cm³/mol. The fraction of sp³-hybridized carbons (Fsp3) is 0.353. The third kappa shape index (κ3) is 2.85. The molecule has 3 aromatic rings. The largest absolute Gasteiger partial charge is 0.335 e. The van der Waals surface area contributed by atoms with Gasteiger partial charge in [0.15, 0.2) is 5.82 Å². The number of hydrogen-bond donors (Lipinski definition) is 0. The molecule has 4 rings (SSSR count). The molecular weight excluding hydrogens is 339 g/mol. The molecule has 1 saturated heterocycles. The first-order chi connectivity index (χ1) is 12.6. The molecule has 4 heterocycles. The van der Waals surface area contributed by atoms with Crippen molar-refractivity contribution in [3.05, 3.63) is 48.6 Å². The normalized spacial score (nSPS) is 20.3. The van der Waals surface area contributed by atoms with Crippen molar-refractivity contribution in [1.82, 2.24) is 29.6 Å². The van der Waals surface area contributed by atoms with Gasteiger partial charge in [-0.2, -0.15) is 4.98 Å².